The maximum Gasteiger partial charge on any atom is 0.222 e. The SMILES string of the molecule is CN(Cc1ccccc1)C(=O)CCC1CCN(C[C@H]2CC=CCC2)CC1. The summed E-state index contributed by atoms with van der Waals surface area (Å²) in [6, 6.07) is 10.3. The molecule has 1 aliphatic carbocycles. The van der Waals surface area contributed by atoms with Crippen LogP contribution < -0.4 is 0 Å². The van der Waals surface area contributed by atoms with Gasteiger partial charge in [-0.25, -0.2) is 0 Å². The Bertz CT molecular complexity index is 575. The number of hydrogen-bond donors (Lipinski definition) is 0. The Morgan fingerprint density at radius 1 is 1.08 bits per heavy atom. The fraction of sp³-hybridized carbons (Fsp3) is 0.609. The Morgan fingerprint density at radius 2 is 1.85 bits per heavy atom. The number of hydrogen-bond acceptors (Lipinski definition) is 2. The summed E-state index contributed by atoms with van der Waals surface area (Å²) in [5.74, 6) is 1.88. The Kier molecular flexibility index (Phi) is 7.31. The monoisotopic (exact) mass is 354 g/mol. The van der Waals surface area contributed by atoms with Crippen molar-refractivity contribution < 1.29 is 4.79 Å². The smallest absolute Gasteiger partial charge is 0.222 e. The quantitative estimate of drug-likeness (QED) is 0.673. The summed E-state index contributed by atoms with van der Waals surface area (Å²) in [5, 5.41) is 0. The van der Waals surface area contributed by atoms with Crippen LogP contribution in [0.4, 0.5) is 0 Å². The number of piperidine rings is 1. The standard InChI is InChI=1S/C23H34N2O/c1-24(18-21-8-4-2-5-9-21)23(26)13-12-20-14-16-25(17-15-20)19-22-10-6-3-7-11-22/h2-6,8-9,20,22H,7,10-19H2,1H3/t22-/m0/s1. The van der Waals surface area contributed by atoms with E-state index in [2.05, 4.69) is 29.2 Å². The van der Waals surface area contributed by atoms with Gasteiger partial charge in [-0.05, 0) is 69.0 Å². The number of carbonyl (C=O) groups excluding carboxylic acids is 1. The van der Waals surface area contributed by atoms with Crippen LogP contribution in [-0.4, -0.2) is 42.4 Å². The van der Waals surface area contributed by atoms with E-state index in [1.807, 2.05) is 30.1 Å². The first kappa shape index (κ1) is 19.2. The van der Waals surface area contributed by atoms with Crippen molar-refractivity contribution in [3.8, 4) is 0 Å². The van der Waals surface area contributed by atoms with E-state index in [-0.39, 0.29) is 5.91 Å². The summed E-state index contributed by atoms with van der Waals surface area (Å²) in [5.41, 5.74) is 1.20. The lowest BCUT2D eigenvalue weighted by Gasteiger charge is -2.34. The van der Waals surface area contributed by atoms with Crippen molar-refractivity contribution in [1.29, 1.82) is 0 Å². The summed E-state index contributed by atoms with van der Waals surface area (Å²) < 4.78 is 0. The average molecular weight is 355 g/mol. The molecule has 1 aromatic rings. The molecule has 2 aliphatic rings. The highest BCUT2D eigenvalue weighted by molar-refractivity contribution is 5.75. The lowest BCUT2D eigenvalue weighted by molar-refractivity contribution is -0.130. The van der Waals surface area contributed by atoms with E-state index in [1.54, 1.807) is 0 Å². The minimum absolute atomic E-state index is 0.283. The van der Waals surface area contributed by atoms with Crippen LogP contribution in [0.15, 0.2) is 42.5 Å². The maximum atomic E-state index is 12.4. The first-order chi connectivity index (χ1) is 12.7. The molecule has 1 heterocycles. The fourth-order valence-electron chi connectivity index (χ4n) is 4.31. The van der Waals surface area contributed by atoms with Crippen molar-refractivity contribution in [3.63, 3.8) is 0 Å². The molecule has 1 saturated heterocycles. The molecule has 1 aliphatic heterocycles. The summed E-state index contributed by atoms with van der Waals surface area (Å²) in [6.45, 7) is 4.43. The third-order valence-electron chi connectivity index (χ3n) is 6.06. The third kappa shape index (κ3) is 5.98. The normalized spacial score (nSPS) is 21.7. The molecule has 1 atom stereocenters. The van der Waals surface area contributed by atoms with Gasteiger partial charge >= 0.3 is 0 Å². The molecule has 0 radical (unpaired) electrons. The van der Waals surface area contributed by atoms with E-state index in [0.717, 1.165) is 18.3 Å². The summed E-state index contributed by atoms with van der Waals surface area (Å²) in [7, 11) is 1.93. The third-order valence-corrected chi connectivity index (χ3v) is 6.06. The molecule has 0 aromatic heterocycles. The first-order valence-electron chi connectivity index (χ1n) is 10.4. The molecule has 1 fully saturated rings. The van der Waals surface area contributed by atoms with Gasteiger partial charge in [0, 0.05) is 26.6 Å². The van der Waals surface area contributed by atoms with Gasteiger partial charge in [0.2, 0.25) is 5.91 Å². The number of likely N-dealkylation sites (tertiary alicyclic amines) is 1. The van der Waals surface area contributed by atoms with Crippen LogP contribution >= 0.6 is 0 Å². The van der Waals surface area contributed by atoms with Gasteiger partial charge < -0.3 is 9.80 Å². The van der Waals surface area contributed by atoms with Crippen LogP contribution in [0.5, 0.6) is 0 Å². The van der Waals surface area contributed by atoms with E-state index in [4.69, 9.17) is 0 Å². The highest BCUT2D eigenvalue weighted by Crippen LogP contribution is 2.25. The Labute approximate surface area is 159 Å². The molecular weight excluding hydrogens is 320 g/mol. The molecule has 142 valence electrons. The molecule has 0 unspecified atom stereocenters. The van der Waals surface area contributed by atoms with Gasteiger partial charge in [0.1, 0.15) is 0 Å². The molecule has 3 rings (SSSR count). The van der Waals surface area contributed by atoms with E-state index in [0.29, 0.717) is 13.0 Å². The van der Waals surface area contributed by atoms with Gasteiger partial charge in [0.15, 0.2) is 0 Å². The summed E-state index contributed by atoms with van der Waals surface area (Å²) in [6.07, 6.45) is 12.9. The summed E-state index contributed by atoms with van der Waals surface area (Å²) in [4.78, 5) is 17.0. The second-order valence-corrected chi connectivity index (χ2v) is 8.17. The van der Waals surface area contributed by atoms with Crippen molar-refractivity contribution in [2.24, 2.45) is 11.8 Å². The van der Waals surface area contributed by atoms with Gasteiger partial charge in [0.05, 0.1) is 0 Å². The van der Waals surface area contributed by atoms with Gasteiger partial charge in [0.25, 0.3) is 0 Å². The van der Waals surface area contributed by atoms with Crippen LogP contribution in [0, 0.1) is 11.8 Å². The van der Waals surface area contributed by atoms with Gasteiger partial charge in [-0.2, -0.15) is 0 Å². The lowest BCUT2D eigenvalue weighted by Crippen LogP contribution is -2.37. The molecule has 1 amide bonds. The van der Waals surface area contributed by atoms with E-state index >= 15 is 0 Å². The zero-order valence-electron chi connectivity index (χ0n) is 16.3. The number of carbonyl (C=O) groups is 1. The molecular formula is C23H34N2O. The first-order valence-corrected chi connectivity index (χ1v) is 10.4. The minimum atomic E-state index is 0.283. The minimum Gasteiger partial charge on any atom is -0.341 e. The van der Waals surface area contributed by atoms with Crippen molar-refractivity contribution in [2.75, 3.05) is 26.7 Å². The van der Waals surface area contributed by atoms with Crippen molar-refractivity contribution in [1.82, 2.24) is 9.80 Å². The molecule has 3 heteroatoms. The van der Waals surface area contributed by atoms with Crippen LogP contribution in [0.25, 0.3) is 0 Å². The molecule has 0 saturated carbocycles. The van der Waals surface area contributed by atoms with Crippen molar-refractivity contribution in [3.05, 3.63) is 48.0 Å². The molecule has 26 heavy (non-hydrogen) atoms. The number of rotatable bonds is 7. The zero-order valence-corrected chi connectivity index (χ0v) is 16.3. The van der Waals surface area contributed by atoms with Crippen LogP contribution in [0.3, 0.4) is 0 Å². The Morgan fingerprint density at radius 3 is 2.54 bits per heavy atom. The number of benzene rings is 1. The van der Waals surface area contributed by atoms with Crippen LogP contribution in [-0.2, 0) is 11.3 Å². The number of allylic oxidation sites excluding steroid dienone is 2. The summed E-state index contributed by atoms with van der Waals surface area (Å²) >= 11 is 0. The topological polar surface area (TPSA) is 23.6 Å². The molecule has 1 aromatic carbocycles. The highest BCUT2D eigenvalue weighted by atomic mass is 16.2. The average Bonchev–Trinajstić information content (AvgIpc) is 2.69. The van der Waals surface area contributed by atoms with Gasteiger partial charge in [-0.3, -0.25) is 4.79 Å². The number of amides is 1. The lowest BCUT2D eigenvalue weighted by atomic mass is 9.89. The Balaban J connectivity index is 1.32. The second-order valence-electron chi connectivity index (χ2n) is 8.17. The van der Waals surface area contributed by atoms with Crippen molar-refractivity contribution >= 4 is 5.91 Å². The van der Waals surface area contributed by atoms with Gasteiger partial charge in [-0.1, -0.05) is 42.5 Å². The predicted octanol–water partition coefficient (Wildman–Crippen LogP) is 4.49. The van der Waals surface area contributed by atoms with Crippen LogP contribution in [0.1, 0.15) is 50.5 Å². The van der Waals surface area contributed by atoms with E-state index < -0.39 is 0 Å². The van der Waals surface area contributed by atoms with E-state index in [9.17, 15) is 4.79 Å². The Hall–Kier alpha value is -1.61. The predicted molar refractivity (Wildman–Crippen MR) is 108 cm³/mol. The molecule has 0 spiro atoms. The second kappa shape index (κ2) is 9.91. The zero-order chi connectivity index (χ0) is 18.2. The van der Waals surface area contributed by atoms with E-state index in [1.165, 1.54) is 57.3 Å². The number of nitrogens with zero attached hydrogens (tertiary/aromatic N) is 2. The largest absolute Gasteiger partial charge is 0.341 e. The maximum absolute atomic E-state index is 12.4. The molecule has 0 N–H and O–H groups in total. The van der Waals surface area contributed by atoms with Crippen molar-refractivity contribution in [2.45, 2.75) is 51.5 Å². The fourth-order valence-corrected chi connectivity index (χ4v) is 4.31. The van der Waals surface area contributed by atoms with Crippen LogP contribution in [0.2, 0.25) is 0 Å². The van der Waals surface area contributed by atoms with Gasteiger partial charge in [-0.15, -0.1) is 0 Å². The molecule has 0 bridgehead atoms. The molecule has 3 nitrogen and oxygen atoms in total. The highest BCUT2D eigenvalue weighted by Gasteiger charge is 2.22.